The summed E-state index contributed by atoms with van der Waals surface area (Å²) in [7, 11) is 0. The van der Waals surface area contributed by atoms with E-state index in [9.17, 15) is 23.9 Å². The van der Waals surface area contributed by atoms with Crippen molar-refractivity contribution in [1.29, 1.82) is 5.26 Å². The molecule has 0 saturated heterocycles. The number of carboxylic acids is 1. The van der Waals surface area contributed by atoms with Crippen molar-refractivity contribution in [2.45, 2.75) is 32.3 Å². The molecule has 0 radical (unpaired) electrons. The third kappa shape index (κ3) is 5.12. The minimum Gasteiger partial charge on any atom is -0.480 e. The first kappa shape index (κ1) is 23.7. The molecule has 1 unspecified atom stereocenters. The molecule has 0 bridgehead atoms. The molecule has 0 fully saturated rings. The standard InChI is InChI=1S/C26H23F2NO4/c1-25(2,16-18-7-6-10-22(15-18)32-20-8-4-3-5-9-20)26(17-29,23(30)31)19-11-13-21(14-12-19)33-24(27)28/h3-15,24H,16H2,1-2H3,(H,30,31). The molecule has 170 valence electrons. The number of hydrogen-bond acceptors (Lipinski definition) is 4. The highest BCUT2D eigenvalue weighted by Gasteiger charge is 2.53. The average molecular weight is 451 g/mol. The molecule has 33 heavy (non-hydrogen) atoms. The van der Waals surface area contributed by atoms with Crippen molar-refractivity contribution in [2.75, 3.05) is 0 Å². The smallest absolute Gasteiger partial charge is 0.387 e. The molecule has 0 spiro atoms. The number of nitriles is 1. The Morgan fingerprint density at radius 2 is 1.61 bits per heavy atom. The van der Waals surface area contributed by atoms with Crippen LogP contribution in [-0.4, -0.2) is 17.7 Å². The second-order valence-corrected chi connectivity index (χ2v) is 8.19. The third-order valence-corrected chi connectivity index (χ3v) is 5.54. The van der Waals surface area contributed by atoms with E-state index in [0.717, 1.165) is 5.56 Å². The molecule has 3 aromatic rings. The van der Waals surface area contributed by atoms with Crippen LogP contribution in [0.15, 0.2) is 78.9 Å². The Balaban J connectivity index is 1.93. The van der Waals surface area contributed by atoms with E-state index in [-0.39, 0.29) is 17.7 Å². The van der Waals surface area contributed by atoms with E-state index in [1.54, 1.807) is 32.0 Å². The minimum atomic E-state index is -3.00. The number of para-hydroxylation sites is 1. The van der Waals surface area contributed by atoms with Crippen LogP contribution in [-0.2, 0) is 16.6 Å². The zero-order valence-corrected chi connectivity index (χ0v) is 18.2. The molecule has 0 amide bonds. The van der Waals surface area contributed by atoms with Crippen molar-refractivity contribution in [3.05, 3.63) is 90.0 Å². The number of rotatable bonds is 9. The van der Waals surface area contributed by atoms with Gasteiger partial charge < -0.3 is 14.6 Å². The van der Waals surface area contributed by atoms with Gasteiger partial charge in [0.05, 0.1) is 6.07 Å². The van der Waals surface area contributed by atoms with Crippen LogP contribution in [0.3, 0.4) is 0 Å². The molecule has 0 aliphatic heterocycles. The zero-order chi connectivity index (χ0) is 24.1. The summed E-state index contributed by atoms with van der Waals surface area (Å²) in [6.07, 6.45) is 0.244. The summed E-state index contributed by atoms with van der Waals surface area (Å²) in [5, 5.41) is 20.2. The normalized spacial score (nSPS) is 13.1. The van der Waals surface area contributed by atoms with E-state index in [4.69, 9.17) is 4.74 Å². The molecule has 1 N–H and O–H groups in total. The summed E-state index contributed by atoms with van der Waals surface area (Å²) in [4.78, 5) is 12.5. The van der Waals surface area contributed by atoms with Gasteiger partial charge in [-0.3, -0.25) is 4.79 Å². The van der Waals surface area contributed by atoms with Gasteiger partial charge in [0.2, 0.25) is 0 Å². The Morgan fingerprint density at radius 3 is 2.18 bits per heavy atom. The lowest BCUT2D eigenvalue weighted by atomic mass is 9.60. The lowest BCUT2D eigenvalue weighted by Gasteiger charge is -2.39. The maximum absolute atomic E-state index is 12.5. The number of carbonyl (C=O) groups is 1. The van der Waals surface area contributed by atoms with Gasteiger partial charge in [0.1, 0.15) is 17.2 Å². The van der Waals surface area contributed by atoms with Crippen molar-refractivity contribution in [1.82, 2.24) is 0 Å². The van der Waals surface area contributed by atoms with Gasteiger partial charge in [-0.05, 0) is 53.9 Å². The fraction of sp³-hybridized carbons (Fsp3) is 0.231. The molecule has 1 atom stereocenters. The fourth-order valence-corrected chi connectivity index (χ4v) is 3.94. The van der Waals surface area contributed by atoms with Crippen molar-refractivity contribution in [3.8, 4) is 23.3 Å². The predicted molar refractivity (Wildman–Crippen MR) is 118 cm³/mol. The van der Waals surface area contributed by atoms with E-state index in [0.29, 0.717) is 11.5 Å². The maximum Gasteiger partial charge on any atom is 0.387 e. The number of ether oxygens (including phenoxy) is 2. The third-order valence-electron chi connectivity index (χ3n) is 5.54. The largest absolute Gasteiger partial charge is 0.480 e. The Morgan fingerprint density at radius 1 is 0.970 bits per heavy atom. The zero-order valence-electron chi connectivity index (χ0n) is 18.2. The van der Waals surface area contributed by atoms with E-state index >= 15 is 0 Å². The minimum absolute atomic E-state index is 0.116. The van der Waals surface area contributed by atoms with Crippen molar-refractivity contribution < 1.29 is 28.2 Å². The van der Waals surface area contributed by atoms with Crippen molar-refractivity contribution in [3.63, 3.8) is 0 Å². The van der Waals surface area contributed by atoms with Gasteiger partial charge in [0.15, 0.2) is 5.41 Å². The summed E-state index contributed by atoms with van der Waals surface area (Å²) >= 11 is 0. The molecule has 0 aliphatic rings. The quantitative estimate of drug-likeness (QED) is 0.419. The lowest BCUT2D eigenvalue weighted by Crippen LogP contribution is -2.48. The monoisotopic (exact) mass is 451 g/mol. The number of benzene rings is 3. The fourth-order valence-electron chi connectivity index (χ4n) is 3.94. The van der Waals surface area contributed by atoms with E-state index in [2.05, 4.69) is 4.74 Å². The highest BCUT2D eigenvalue weighted by Crippen LogP contribution is 2.45. The summed E-state index contributed by atoms with van der Waals surface area (Å²) in [5.74, 6) is -0.193. The van der Waals surface area contributed by atoms with Gasteiger partial charge >= 0.3 is 12.6 Å². The van der Waals surface area contributed by atoms with E-state index in [1.807, 2.05) is 42.5 Å². The average Bonchev–Trinajstić information content (AvgIpc) is 2.75. The summed E-state index contributed by atoms with van der Waals surface area (Å²) in [6, 6.07) is 23.6. The SMILES string of the molecule is CC(C)(Cc1cccc(Oc2ccccc2)c1)C(C#N)(C(=O)O)c1ccc(OC(F)F)cc1. The van der Waals surface area contributed by atoms with Crippen LogP contribution < -0.4 is 9.47 Å². The summed E-state index contributed by atoms with van der Waals surface area (Å²) in [5.41, 5.74) is -2.05. The number of alkyl halides is 2. The van der Waals surface area contributed by atoms with E-state index in [1.165, 1.54) is 24.3 Å². The van der Waals surface area contributed by atoms with Crippen LogP contribution >= 0.6 is 0 Å². The number of aliphatic carboxylic acids is 1. The summed E-state index contributed by atoms with van der Waals surface area (Å²) < 4.78 is 35.2. The second kappa shape index (κ2) is 9.70. The molecule has 7 heteroatoms. The van der Waals surface area contributed by atoms with Crippen molar-refractivity contribution in [2.24, 2.45) is 5.41 Å². The molecule has 0 aromatic heterocycles. The molecule has 5 nitrogen and oxygen atoms in total. The van der Waals surface area contributed by atoms with Crippen LogP contribution in [0.2, 0.25) is 0 Å². The topological polar surface area (TPSA) is 79.5 Å². The van der Waals surface area contributed by atoms with E-state index < -0.39 is 23.4 Å². The van der Waals surface area contributed by atoms with Crippen LogP contribution in [0, 0.1) is 16.7 Å². The lowest BCUT2D eigenvalue weighted by molar-refractivity contribution is -0.145. The van der Waals surface area contributed by atoms with Gasteiger partial charge in [-0.1, -0.05) is 56.3 Å². The first-order valence-electron chi connectivity index (χ1n) is 10.2. The molecule has 0 aliphatic carbocycles. The summed E-state index contributed by atoms with van der Waals surface area (Å²) in [6.45, 7) is 0.384. The first-order chi connectivity index (χ1) is 15.7. The molecular formula is C26H23F2NO4. The number of hydrogen-bond donors (Lipinski definition) is 1. The predicted octanol–water partition coefficient (Wildman–Crippen LogP) is 6.20. The van der Waals surface area contributed by atoms with Crippen LogP contribution in [0.4, 0.5) is 8.78 Å². The highest BCUT2D eigenvalue weighted by atomic mass is 19.3. The number of carboxylic acid groups (broad SMARTS) is 1. The molecule has 0 saturated carbocycles. The van der Waals surface area contributed by atoms with Gasteiger partial charge in [-0.2, -0.15) is 14.0 Å². The Hall–Kier alpha value is -3.92. The molecule has 3 aromatic carbocycles. The highest BCUT2D eigenvalue weighted by molar-refractivity contribution is 5.86. The van der Waals surface area contributed by atoms with Crippen LogP contribution in [0.1, 0.15) is 25.0 Å². The van der Waals surface area contributed by atoms with Crippen molar-refractivity contribution >= 4 is 5.97 Å². The Kier molecular flexibility index (Phi) is 6.98. The van der Waals surface area contributed by atoms with Gasteiger partial charge in [0, 0.05) is 5.41 Å². The number of halogens is 2. The number of nitrogens with zero attached hydrogens (tertiary/aromatic N) is 1. The Labute approximate surface area is 190 Å². The molecule has 0 heterocycles. The van der Waals surface area contributed by atoms with Gasteiger partial charge in [-0.15, -0.1) is 0 Å². The maximum atomic E-state index is 12.5. The molecular weight excluding hydrogens is 428 g/mol. The first-order valence-corrected chi connectivity index (χ1v) is 10.2. The van der Waals surface area contributed by atoms with Gasteiger partial charge in [-0.25, -0.2) is 0 Å². The molecule has 3 rings (SSSR count). The van der Waals surface area contributed by atoms with Crippen LogP contribution in [0.5, 0.6) is 17.2 Å². The Bertz CT molecular complexity index is 1140. The van der Waals surface area contributed by atoms with Crippen LogP contribution in [0.25, 0.3) is 0 Å². The second-order valence-electron chi connectivity index (χ2n) is 8.19. The van der Waals surface area contributed by atoms with Gasteiger partial charge in [0.25, 0.3) is 0 Å².